The summed E-state index contributed by atoms with van der Waals surface area (Å²) in [5.74, 6) is -2.93. The van der Waals surface area contributed by atoms with E-state index in [-0.39, 0.29) is 18.0 Å². The van der Waals surface area contributed by atoms with Gasteiger partial charge in [-0.05, 0) is 49.4 Å². The molecule has 0 atom stereocenters. The second-order valence-corrected chi connectivity index (χ2v) is 7.19. The maximum atomic E-state index is 13.7. The lowest BCUT2D eigenvalue weighted by atomic mass is 10.3. The monoisotopic (exact) mass is 407 g/mol. The number of rotatable bonds is 6. The summed E-state index contributed by atoms with van der Waals surface area (Å²) in [6.45, 7) is 1.91. The molecule has 3 aromatic rings. The van der Waals surface area contributed by atoms with Gasteiger partial charge in [0.25, 0.3) is 10.0 Å². The van der Waals surface area contributed by atoms with Crippen molar-refractivity contribution in [2.45, 2.75) is 11.8 Å². The highest BCUT2D eigenvalue weighted by Crippen LogP contribution is 2.22. The molecule has 0 radical (unpaired) electrons. The fraction of sp³-hybridized carbons (Fsp3) is 0.111. The zero-order valence-corrected chi connectivity index (χ0v) is 15.4. The van der Waals surface area contributed by atoms with Gasteiger partial charge in [-0.2, -0.15) is 5.10 Å². The van der Waals surface area contributed by atoms with Crippen LogP contribution in [0.25, 0.3) is 5.69 Å². The van der Waals surface area contributed by atoms with Crippen LogP contribution in [-0.4, -0.2) is 30.8 Å². The molecule has 0 aliphatic heterocycles. The number of benzene rings is 2. The Morgan fingerprint density at radius 3 is 2.36 bits per heavy atom. The van der Waals surface area contributed by atoms with Crippen molar-refractivity contribution in [1.29, 1.82) is 0 Å². The number of nitrogens with zero attached hydrogens (tertiary/aromatic N) is 2. The zero-order chi connectivity index (χ0) is 20.3. The maximum absolute atomic E-state index is 13.7. The summed E-state index contributed by atoms with van der Waals surface area (Å²) in [4.78, 5) is 10.6. The van der Waals surface area contributed by atoms with E-state index in [0.717, 1.165) is 18.2 Å². The number of aromatic nitrogens is 2. The Kier molecular flexibility index (Phi) is 5.41. The summed E-state index contributed by atoms with van der Waals surface area (Å²) in [5.41, 5.74) is 0.765. The van der Waals surface area contributed by atoms with E-state index in [2.05, 4.69) is 9.82 Å². The van der Waals surface area contributed by atoms with Crippen LogP contribution < -0.4 is 4.72 Å². The number of anilines is 1. The third-order valence-corrected chi connectivity index (χ3v) is 5.08. The highest BCUT2D eigenvalue weighted by atomic mass is 32.2. The quantitative estimate of drug-likeness (QED) is 0.634. The van der Waals surface area contributed by atoms with Crippen molar-refractivity contribution in [2.75, 3.05) is 11.3 Å². The third kappa shape index (κ3) is 4.01. The van der Waals surface area contributed by atoms with E-state index in [9.17, 15) is 22.0 Å². The Morgan fingerprint density at radius 1 is 1.11 bits per heavy atom. The number of ether oxygens (including phenoxy) is 1. The van der Waals surface area contributed by atoms with Crippen molar-refractivity contribution < 1.29 is 26.7 Å². The van der Waals surface area contributed by atoms with Gasteiger partial charge in [-0.3, -0.25) is 4.72 Å². The zero-order valence-electron chi connectivity index (χ0n) is 14.6. The van der Waals surface area contributed by atoms with Gasteiger partial charge in [-0.25, -0.2) is 26.7 Å². The van der Waals surface area contributed by atoms with E-state index in [1.54, 1.807) is 13.1 Å². The highest BCUT2D eigenvalue weighted by molar-refractivity contribution is 7.92. The number of nitrogens with one attached hydrogen (secondary N) is 1. The largest absolute Gasteiger partial charge is 0.461 e. The maximum Gasteiger partial charge on any atom is 0.358 e. The topological polar surface area (TPSA) is 90.3 Å². The number of sulfonamides is 1. The summed E-state index contributed by atoms with van der Waals surface area (Å²) in [5, 5.41) is 4.08. The van der Waals surface area contributed by atoms with Gasteiger partial charge in [0.2, 0.25) is 0 Å². The molecule has 146 valence electrons. The molecule has 10 heteroatoms. The van der Waals surface area contributed by atoms with E-state index in [0.29, 0.717) is 5.69 Å². The summed E-state index contributed by atoms with van der Waals surface area (Å²) in [6, 6.07) is 10.1. The minimum Gasteiger partial charge on any atom is -0.461 e. The minimum atomic E-state index is -4.45. The van der Waals surface area contributed by atoms with Crippen molar-refractivity contribution in [1.82, 2.24) is 9.78 Å². The Labute approximate surface area is 159 Å². The Balaban J connectivity index is 1.81. The van der Waals surface area contributed by atoms with Crippen molar-refractivity contribution in [2.24, 2.45) is 0 Å². The molecule has 0 spiro atoms. The molecule has 0 fully saturated rings. The summed E-state index contributed by atoms with van der Waals surface area (Å²) in [6.07, 6.45) is 1.54. The first-order valence-corrected chi connectivity index (χ1v) is 9.60. The van der Waals surface area contributed by atoms with Crippen LogP contribution in [0.4, 0.5) is 14.5 Å². The van der Waals surface area contributed by atoms with E-state index in [1.165, 1.54) is 35.0 Å². The molecular weight excluding hydrogens is 392 g/mol. The molecule has 7 nitrogen and oxygen atoms in total. The number of esters is 1. The highest BCUT2D eigenvalue weighted by Gasteiger charge is 2.23. The van der Waals surface area contributed by atoms with Crippen molar-refractivity contribution in [3.63, 3.8) is 0 Å². The molecule has 0 unspecified atom stereocenters. The van der Waals surface area contributed by atoms with Gasteiger partial charge in [0.1, 0.15) is 11.6 Å². The summed E-state index contributed by atoms with van der Waals surface area (Å²) < 4.78 is 60.4. The second-order valence-electron chi connectivity index (χ2n) is 5.57. The van der Waals surface area contributed by atoms with Crippen LogP contribution in [-0.2, 0) is 14.8 Å². The molecule has 28 heavy (non-hydrogen) atoms. The number of halogens is 2. The SMILES string of the molecule is CCOC(=O)c1ccn(-c2ccc(NS(=O)(=O)c3c(F)cccc3F)cc2)n1. The number of hydrogen-bond acceptors (Lipinski definition) is 5. The number of carbonyl (C=O) groups excluding carboxylic acids is 1. The Morgan fingerprint density at radius 2 is 1.75 bits per heavy atom. The lowest BCUT2D eigenvalue weighted by Crippen LogP contribution is -2.16. The standard InChI is InChI=1S/C18H15F2N3O4S/c1-2-27-18(24)16-10-11-23(21-16)13-8-6-12(7-9-13)22-28(25,26)17-14(19)4-3-5-15(17)20/h3-11,22H,2H2,1H3. The molecule has 1 heterocycles. The molecule has 0 amide bonds. The third-order valence-electron chi connectivity index (χ3n) is 3.65. The van der Waals surface area contributed by atoms with E-state index in [4.69, 9.17) is 4.74 Å². The molecule has 3 rings (SSSR count). The van der Waals surface area contributed by atoms with E-state index >= 15 is 0 Å². The Hall–Kier alpha value is -3.27. The first kappa shape index (κ1) is 19.5. The van der Waals surface area contributed by atoms with Gasteiger partial charge in [-0.15, -0.1) is 0 Å². The number of hydrogen-bond donors (Lipinski definition) is 1. The van der Waals surface area contributed by atoms with Crippen LogP contribution in [0, 0.1) is 11.6 Å². The molecule has 2 aromatic carbocycles. The van der Waals surface area contributed by atoms with Crippen molar-refractivity contribution in [3.8, 4) is 5.69 Å². The van der Waals surface area contributed by atoms with Crippen LogP contribution >= 0.6 is 0 Å². The summed E-state index contributed by atoms with van der Waals surface area (Å²) >= 11 is 0. The van der Waals surface area contributed by atoms with Crippen LogP contribution in [0.1, 0.15) is 17.4 Å². The van der Waals surface area contributed by atoms with Crippen molar-refractivity contribution >= 4 is 21.7 Å². The first-order chi connectivity index (χ1) is 13.3. The lowest BCUT2D eigenvalue weighted by molar-refractivity contribution is 0.0519. The lowest BCUT2D eigenvalue weighted by Gasteiger charge is -2.10. The van der Waals surface area contributed by atoms with Gasteiger partial charge >= 0.3 is 5.97 Å². The van der Waals surface area contributed by atoms with Crippen LogP contribution in [0.2, 0.25) is 0 Å². The fourth-order valence-corrected chi connectivity index (χ4v) is 3.61. The predicted octanol–water partition coefficient (Wildman–Crippen LogP) is 3.13. The fourth-order valence-electron chi connectivity index (χ4n) is 2.41. The van der Waals surface area contributed by atoms with Gasteiger partial charge in [0.15, 0.2) is 10.6 Å². The molecular formula is C18H15F2N3O4S. The van der Waals surface area contributed by atoms with Gasteiger partial charge in [-0.1, -0.05) is 6.07 Å². The first-order valence-electron chi connectivity index (χ1n) is 8.12. The van der Waals surface area contributed by atoms with Gasteiger partial charge in [0, 0.05) is 11.9 Å². The molecule has 0 saturated carbocycles. The summed E-state index contributed by atoms with van der Waals surface area (Å²) in [7, 11) is -4.45. The van der Waals surface area contributed by atoms with Gasteiger partial charge < -0.3 is 4.74 Å². The molecule has 0 bridgehead atoms. The Bertz CT molecular complexity index is 1090. The van der Waals surface area contributed by atoms with Crippen molar-refractivity contribution in [3.05, 3.63) is 72.1 Å². The second kappa shape index (κ2) is 7.77. The van der Waals surface area contributed by atoms with Gasteiger partial charge in [0.05, 0.1) is 12.3 Å². The van der Waals surface area contributed by atoms with E-state index < -0.39 is 32.5 Å². The minimum absolute atomic E-state index is 0.101. The molecule has 1 N–H and O–H groups in total. The average molecular weight is 407 g/mol. The molecule has 1 aromatic heterocycles. The molecule has 0 saturated heterocycles. The van der Waals surface area contributed by atoms with Crippen LogP contribution in [0.5, 0.6) is 0 Å². The molecule has 0 aliphatic carbocycles. The smallest absolute Gasteiger partial charge is 0.358 e. The molecule has 0 aliphatic rings. The van der Waals surface area contributed by atoms with Crippen LogP contribution in [0.3, 0.4) is 0 Å². The number of carbonyl (C=O) groups is 1. The van der Waals surface area contributed by atoms with E-state index in [1.807, 2.05) is 0 Å². The average Bonchev–Trinajstić information content (AvgIpc) is 3.12. The predicted molar refractivity (Wildman–Crippen MR) is 96.7 cm³/mol. The normalized spacial score (nSPS) is 11.2. The van der Waals surface area contributed by atoms with Crippen LogP contribution in [0.15, 0.2) is 59.6 Å².